The molecule has 0 spiro atoms. The van der Waals surface area contributed by atoms with Crippen LogP contribution in [-0.4, -0.2) is 29.8 Å². The molecule has 0 atom stereocenters. The molecule has 0 saturated carbocycles. The van der Waals surface area contributed by atoms with Gasteiger partial charge < -0.3 is 14.6 Å². The summed E-state index contributed by atoms with van der Waals surface area (Å²) in [5.41, 5.74) is 2.81. The number of nitrogens with zero attached hydrogens (tertiary/aromatic N) is 2. The molecule has 19 heavy (non-hydrogen) atoms. The minimum atomic E-state index is 0.110. The molecule has 1 aromatic heterocycles. The van der Waals surface area contributed by atoms with Crippen LogP contribution in [0.4, 0.5) is 0 Å². The Bertz CT molecular complexity index is 418. The van der Waals surface area contributed by atoms with E-state index >= 15 is 0 Å². The van der Waals surface area contributed by atoms with Gasteiger partial charge in [-0.25, -0.2) is 4.98 Å². The first-order valence-electron chi connectivity index (χ1n) is 7.32. The fraction of sp³-hybridized carbons (Fsp3) is 0.800. The maximum Gasteiger partial charge on any atom is 0.114 e. The molecule has 1 aromatic rings. The molecule has 4 nitrogen and oxygen atoms in total. The van der Waals surface area contributed by atoms with E-state index in [4.69, 9.17) is 9.72 Å². The lowest BCUT2D eigenvalue weighted by Gasteiger charge is -2.22. The molecule has 0 radical (unpaired) electrons. The Hall–Kier alpha value is -0.870. The highest BCUT2D eigenvalue weighted by molar-refractivity contribution is 5.23. The van der Waals surface area contributed by atoms with E-state index in [9.17, 15) is 0 Å². The summed E-state index contributed by atoms with van der Waals surface area (Å²) in [5, 5.41) is 3.41. The fourth-order valence-corrected chi connectivity index (χ4v) is 2.70. The number of fused-ring (bicyclic) bond motifs is 1. The molecule has 108 valence electrons. The number of methoxy groups -OCH3 is 1. The molecule has 0 aromatic carbocycles. The lowest BCUT2D eigenvalue weighted by atomic mass is 9.95. The molecule has 2 heterocycles. The van der Waals surface area contributed by atoms with Crippen molar-refractivity contribution in [2.75, 3.05) is 20.3 Å². The monoisotopic (exact) mass is 265 g/mol. The number of aromatic nitrogens is 2. The number of rotatable bonds is 5. The van der Waals surface area contributed by atoms with E-state index in [-0.39, 0.29) is 5.41 Å². The van der Waals surface area contributed by atoms with Crippen LogP contribution < -0.4 is 5.32 Å². The molecule has 4 heteroatoms. The third kappa shape index (κ3) is 3.37. The summed E-state index contributed by atoms with van der Waals surface area (Å²) < 4.78 is 7.60. The molecular weight excluding hydrogens is 238 g/mol. The molecule has 0 fully saturated rings. The molecule has 1 aliphatic heterocycles. The molecular formula is C15H27N3O. The van der Waals surface area contributed by atoms with E-state index in [0.29, 0.717) is 0 Å². The van der Waals surface area contributed by atoms with Gasteiger partial charge in [-0.15, -0.1) is 0 Å². The Morgan fingerprint density at radius 1 is 1.32 bits per heavy atom. The summed E-state index contributed by atoms with van der Waals surface area (Å²) >= 11 is 0. The van der Waals surface area contributed by atoms with Crippen LogP contribution in [0.2, 0.25) is 0 Å². The quantitative estimate of drug-likeness (QED) is 0.830. The standard InChI is InChI=1S/C15H27N3O/c1-15(2,3)14-17-12-11-16-8-7-13(12)18(14)9-5-6-10-19-4/h16H,5-11H2,1-4H3. The Balaban J connectivity index is 2.20. The highest BCUT2D eigenvalue weighted by atomic mass is 16.5. The highest BCUT2D eigenvalue weighted by Gasteiger charge is 2.26. The molecule has 2 rings (SSSR count). The summed E-state index contributed by atoms with van der Waals surface area (Å²) in [6.45, 7) is 10.7. The van der Waals surface area contributed by atoms with Crippen molar-refractivity contribution >= 4 is 0 Å². The van der Waals surface area contributed by atoms with Crippen LogP contribution >= 0.6 is 0 Å². The normalized spacial score (nSPS) is 15.6. The van der Waals surface area contributed by atoms with Gasteiger partial charge in [0, 0.05) is 50.9 Å². The minimum absolute atomic E-state index is 0.110. The first-order chi connectivity index (χ1) is 9.04. The number of unbranched alkanes of at least 4 members (excludes halogenated alkanes) is 1. The maximum atomic E-state index is 5.14. The fourth-order valence-electron chi connectivity index (χ4n) is 2.70. The summed E-state index contributed by atoms with van der Waals surface area (Å²) in [7, 11) is 1.77. The number of hydrogen-bond acceptors (Lipinski definition) is 3. The first-order valence-corrected chi connectivity index (χ1v) is 7.32. The average molecular weight is 265 g/mol. The smallest absolute Gasteiger partial charge is 0.114 e. The maximum absolute atomic E-state index is 5.14. The molecule has 0 amide bonds. The lowest BCUT2D eigenvalue weighted by Crippen LogP contribution is -2.25. The third-order valence-electron chi connectivity index (χ3n) is 3.64. The van der Waals surface area contributed by atoms with Gasteiger partial charge in [-0.05, 0) is 12.8 Å². The van der Waals surface area contributed by atoms with Gasteiger partial charge in [0.2, 0.25) is 0 Å². The highest BCUT2D eigenvalue weighted by Crippen LogP contribution is 2.26. The van der Waals surface area contributed by atoms with E-state index in [1.165, 1.54) is 17.2 Å². The van der Waals surface area contributed by atoms with Gasteiger partial charge in [-0.2, -0.15) is 0 Å². The van der Waals surface area contributed by atoms with E-state index < -0.39 is 0 Å². The van der Waals surface area contributed by atoms with Crippen molar-refractivity contribution in [2.24, 2.45) is 0 Å². The molecule has 1 N–H and O–H groups in total. The van der Waals surface area contributed by atoms with E-state index in [1.54, 1.807) is 7.11 Å². The second kappa shape index (κ2) is 6.06. The van der Waals surface area contributed by atoms with Gasteiger partial charge in [-0.3, -0.25) is 0 Å². The summed E-state index contributed by atoms with van der Waals surface area (Å²) in [4.78, 5) is 4.89. The van der Waals surface area contributed by atoms with Crippen LogP contribution in [0.1, 0.15) is 50.8 Å². The molecule has 0 saturated heterocycles. The summed E-state index contributed by atoms with van der Waals surface area (Å²) in [6.07, 6.45) is 3.38. The lowest BCUT2D eigenvalue weighted by molar-refractivity contribution is 0.191. The second-order valence-corrected chi connectivity index (χ2v) is 6.36. The Labute approximate surface area is 116 Å². The summed E-state index contributed by atoms with van der Waals surface area (Å²) in [6, 6.07) is 0. The van der Waals surface area contributed by atoms with Gasteiger partial charge in [0.25, 0.3) is 0 Å². The largest absolute Gasteiger partial charge is 0.385 e. The van der Waals surface area contributed by atoms with Crippen LogP contribution in [0.15, 0.2) is 0 Å². The topological polar surface area (TPSA) is 39.1 Å². The van der Waals surface area contributed by atoms with E-state index in [2.05, 4.69) is 30.7 Å². The van der Waals surface area contributed by atoms with Crippen LogP contribution in [0.5, 0.6) is 0 Å². The van der Waals surface area contributed by atoms with Crippen molar-refractivity contribution < 1.29 is 4.74 Å². The van der Waals surface area contributed by atoms with Gasteiger partial charge in [0.15, 0.2) is 0 Å². The van der Waals surface area contributed by atoms with Crippen molar-refractivity contribution in [1.29, 1.82) is 0 Å². The van der Waals surface area contributed by atoms with Crippen molar-refractivity contribution in [3.05, 3.63) is 17.2 Å². The number of nitrogens with one attached hydrogen (secondary N) is 1. The van der Waals surface area contributed by atoms with Gasteiger partial charge in [0.1, 0.15) is 5.82 Å². The SMILES string of the molecule is COCCCCn1c(C(C)(C)C)nc2c1CCNC2. The predicted octanol–water partition coefficient (Wildman–Crippen LogP) is 2.25. The molecule has 0 bridgehead atoms. The molecule has 0 aliphatic carbocycles. The Kier molecular flexibility index (Phi) is 4.63. The zero-order valence-corrected chi connectivity index (χ0v) is 12.8. The van der Waals surface area contributed by atoms with Gasteiger partial charge in [0.05, 0.1) is 5.69 Å². The van der Waals surface area contributed by atoms with Crippen LogP contribution in [0.25, 0.3) is 0 Å². The average Bonchev–Trinajstić information content (AvgIpc) is 2.74. The zero-order chi connectivity index (χ0) is 13.9. The Morgan fingerprint density at radius 3 is 2.79 bits per heavy atom. The van der Waals surface area contributed by atoms with Gasteiger partial charge >= 0.3 is 0 Å². The molecule has 1 aliphatic rings. The number of hydrogen-bond donors (Lipinski definition) is 1. The molecule has 0 unspecified atom stereocenters. The minimum Gasteiger partial charge on any atom is -0.385 e. The zero-order valence-electron chi connectivity index (χ0n) is 12.8. The van der Waals surface area contributed by atoms with Crippen molar-refractivity contribution in [2.45, 2.75) is 58.5 Å². The van der Waals surface area contributed by atoms with Crippen molar-refractivity contribution in [3.8, 4) is 0 Å². The number of ether oxygens (including phenoxy) is 1. The van der Waals surface area contributed by atoms with Crippen LogP contribution in [0, 0.1) is 0 Å². The predicted molar refractivity (Wildman–Crippen MR) is 77.4 cm³/mol. The van der Waals surface area contributed by atoms with Gasteiger partial charge in [-0.1, -0.05) is 20.8 Å². The van der Waals surface area contributed by atoms with E-state index in [1.807, 2.05) is 0 Å². The summed E-state index contributed by atoms with van der Waals surface area (Å²) in [5.74, 6) is 1.23. The Morgan fingerprint density at radius 2 is 2.11 bits per heavy atom. The van der Waals surface area contributed by atoms with Crippen molar-refractivity contribution in [3.63, 3.8) is 0 Å². The second-order valence-electron chi connectivity index (χ2n) is 6.36. The van der Waals surface area contributed by atoms with Crippen LogP contribution in [0.3, 0.4) is 0 Å². The first kappa shape index (κ1) is 14.5. The number of imidazole rings is 1. The van der Waals surface area contributed by atoms with Crippen LogP contribution in [-0.2, 0) is 29.7 Å². The van der Waals surface area contributed by atoms with Crippen molar-refractivity contribution in [1.82, 2.24) is 14.9 Å². The van der Waals surface area contributed by atoms with E-state index in [0.717, 1.165) is 45.5 Å². The third-order valence-corrected chi connectivity index (χ3v) is 3.64.